The fourth-order valence-electron chi connectivity index (χ4n) is 5.56. The number of nitrogens with zero attached hydrogens (tertiary/aromatic N) is 2. The Labute approximate surface area is 216 Å². The van der Waals surface area contributed by atoms with Crippen LogP contribution < -0.4 is 14.2 Å². The molecule has 0 unspecified atom stereocenters. The van der Waals surface area contributed by atoms with Crippen LogP contribution in [0.4, 0.5) is 26.3 Å². The maximum absolute atomic E-state index is 15.7. The van der Waals surface area contributed by atoms with Gasteiger partial charge < -0.3 is 14.2 Å². The van der Waals surface area contributed by atoms with Gasteiger partial charge in [-0.25, -0.2) is 8.78 Å². The van der Waals surface area contributed by atoms with Crippen LogP contribution in [0, 0.1) is 11.6 Å². The van der Waals surface area contributed by atoms with Crippen molar-refractivity contribution in [2.75, 3.05) is 39.6 Å². The Morgan fingerprint density at radius 3 is 2.45 bits per heavy atom. The molecule has 2 aromatic carbocycles. The molecule has 0 N–H and O–H groups in total. The molecule has 11 heteroatoms. The molecule has 3 heterocycles. The molecule has 3 atom stereocenters. The van der Waals surface area contributed by atoms with Crippen LogP contribution in [0.15, 0.2) is 36.9 Å². The second-order valence-electron chi connectivity index (χ2n) is 9.77. The highest BCUT2D eigenvalue weighted by Crippen LogP contribution is 2.46. The molecule has 1 fully saturated rings. The molecule has 0 bridgehead atoms. The summed E-state index contributed by atoms with van der Waals surface area (Å²) in [7, 11) is 0. The van der Waals surface area contributed by atoms with Gasteiger partial charge in [-0.3, -0.25) is 14.2 Å². The summed E-state index contributed by atoms with van der Waals surface area (Å²) in [6, 6.07) is 2.94. The van der Waals surface area contributed by atoms with E-state index in [2.05, 4.69) is 6.58 Å². The smallest absolute Gasteiger partial charge is 0.401 e. The zero-order valence-corrected chi connectivity index (χ0v) is 20.6. The van der Waals surface area contributed by atoms with Crippen molar-refractivity contribution < 1.29 is 40.6 Å². The minimum Gasteiger partial charge on any atom is -0.489 e. The number of ether oxygens (including phenoxy) is 3. The first kappa shape index (κ1) is 26.7. The van der Waals surface area contributed by atoms with E-state index in [-0.39, 0.29) is 25.1 Å². The van der Waals surface area contributed by atoms with Crippen molar-refractivity contribution in [1.82, 2.24) is 9.80 Å². The summed E-state index contributed by atoms with van der Waals surface area (Å²) >= 11 is 0. The molecule has 3 aliphatic rings. The number of hydrogen-bond acceptors (Lipinski definition) is 5. The Morgan fingerprint density at radius 2 is 1.79 bits per heavy atom. The molecule has 0 radical (unpaired) electrons. The number of halogens is 6. The Morgan fingerprint density at radius 1 is 1.08 bits per heavy atom. The summed E-state index contributed by atoms with van der Waals surface area (Å²) in [5.41, 5.74) is 0.396. The second kappa shape index (κ2) is 10.7. The van der Waals surface area contributed by atoms with E-state index in [4.69, 9.17) is 14.2 Å². The molecule has 3 aliphatic heterocycles. The van der Waals surface area contributed by atoms with Gasteiger partial charge in [-0.1, -0.05) is 6.08 Å². The number of benzene rings is 2. The molecule has 0 aliphatic carbocycles. The van der Waals surface area contributed by atoms with Gasteiger partial charge in [0, 0.05) is 43.4 Å². The van der Waals surface area contributed by atoms with Crippen molar-refractivity contribution in [1.29, 1.82) is 0 Å². The van der Waals surface area contributed by atoms with Gasteiger partial charge in [0.05, 0.1) is 19.3 Å². The van der Waals surface area contributed by atoms with E-state index in [0.717, 1.165) is 17.0 Å². The van der Waals surface area contributed by atoms with E-state index in [0.29, 0.717) is 55.1 Å². The van der Waals surface area contributed by atoms with Crippen molar-refractivity contribution in [3.8, 4) is 17.2 Å². The van der Waals surface area contributed by atoms with Gasteiger partial charge in [0.25, 0.3) is 0 Å². The SMILES string of the molecule is C=C[C@@H]1Cc2cc3c(cc2[C@@H](c2c(F)cc(O[C@H]4CCN(CCCF)C4)cc2F)N1CC(F)(F)F)OCO3. The minimum absolute atomic E-state index is 0.0505. The highest BCUT2D eigenvalue weighted by atomic mass is 19.4. The molecule has 5 rings (SSSR count). The molecular weight excluding hydrogens is 514 g/mol. The molecule has 38 heavy (non-hydrogen) atoms. The highest BCUT2D eigenvalue weighted by molar-refractivity contribution is 5.54. The summed E-state index contributed by atoms with van der Waals surface area (Å²) in [4.78, 5) is 3.03. The first-order valence-electron chi connectivity index (χ1n) is 12.5. The monoisotopic (exact) mass is 542 g/mol. The van der Waals surface area contributed by atoms with Gasteiger partial charge in [0.2, 0.25) is 6.79 Å². The number of fused-ring (bicyclic) bond motifs is 2. The van der Waals surface area contributed by atoms with E-state index >= 15 is 8.78 Å². The third kappa shape index (κ3) is 5.44. The first-order valence-corrected chi connectivity index (χ1v) is 12.5. The second-order valence-corrected chi connectivity index (χ2v) is 9.77. The predicted molar refractivity (Wildman–Crippen MR) is 127 cm³/mol. The Bertz CT molecular complexity index is 1170. The van der Waals surface area contributed by atoms with E-state index < -0.39 is 48.7 Å². The summed E-state index contributed by atoms with van der Waals surface area (Å²) in [5, 5.41) is 0. The minimum atomic E-state index is -4.63. The van der Waals surface area contributed by atoms with Gasteiger partial charge in [-0.15, -0.1) is 6.58 Å². The van der Waals surface area contributed by atoms with E-state index in [9.17, 15) is 17.6 Å². The Balaban J connectivity index is 1.50. The highest BCUT2D eigenvalue weighted by Gasteiger charge is 2.44. The molecule has 0 amide bonds. The summed E-state index contributed by atoms with van der Waals surface area (Å²) < 4.78 is 101. The zero-order chi connectivity index (χ0) is 27.0. The van der Waals surface area contributed by atoms with E-state index in [1.807, 2.05) is 4.90 Å². The Kier molecular flexibility index (Phi) is 7.50. The maximum Gasteiger partial charge on any atom is 0.401 e. The maximum atomic E-state index is 15.7. The third-order valence-corrected chi connectivity index (χ3v) is 7.22. The molecule has 0 aromatic heterocycles. The van der Waals surface area contributed by atoms with Crippen LogP contribution in [0.5, 0.6) is 17.2 Å². The van der Waals surface area contributed by atoms with Gasteiger partial charge in [-0.05, 0) is 42.5 Å². The number of hydrogen-bond donors (Lipinski definition) is 0. The van der Waals surface area contributed by atoms with E-state index in [1.54, 1.807) is 6.07 Å². The van der Waals surface area contributed by atoms with Crippen LogP contribution in [0.2, 0.25) is 0 Å². The Hall–Kier alpha value is -2.92. The quantitative estimate of drug-likeness (QED) is 0.322. The zero-order valence-electron chi connectivity index (χ0n) is 20.6. The summed E-state index contributed by atoms with van der Waals surface area (Å²) in [6.45, 7) is 3.55. The molecular formula is C27H28F6N2O3. The molecule has 206 valence electrons. The normalized spacial score (nSPS) is 23.5. The van der Waals surface area contributed by atoms with Gasteiger partial charge in [0.15, 0.2) is 11.5 Å². The average molecular weight is 543 g/mol. The van der Waals surface area contributed by atoms with Crippen LogP contribution in [-0.2, 0) is 6.42 Å². The largest absolute Gasteiger partial charge is 0.489 e. The number of likely N-dealkylation sites (tertiary alicyclic amines) is 1. The summed E-state index contributed by atoms with van der Waals surface area (Å²) in [6.07, 6.45) is -2.43. The lowest BCUT2D eigenvalue weighted by Crippen LogP contribution is -2.48. The van der Waals surface area contributed by atoms with Crippen LogP contribution in [-0.4, -0.2) is 67.8 Å². The van der Waals surface area contributed by atoms with Crippen LogP contribution in [0.25, 0.3) is 0 Å². The van der Waals surface area contributed by atoms with Crippen molar-refractivity contribution in [2.45, 2.75) is 43.6 Å². The molecule has 0 saturated carbocycles. The van der Waals surface area contributed by atoms with Crippen LogP contribution >= 0.6 is 0 Å². The van der Waals surface area contributed by atoms with Crippen molar-refractivity contribution in [3.63, 3.8) is 0 Å². The topological polar surface area (TPSA) is 34.2 Å². The lowest BCUT2D eigenvalue weighted by Gasteiger charge is -2.43. The molecule has 2 aromatic rings. The van der Waals surface area contributed by atoms with E-state index in [1.165, 1.54) is 12.1 Å². The number of alkyl halides is 4. The van der Waals surface area contributed by atoms with Crippen LogP contribution in [0.3, 0.4) is 0 Å². The lowest BCUT2D eigenvalue weighted by molar-refractivity contribution is -0.154. The first-order chi connectivity index (χ1) is 18.2. The molecule has 0 spiro atoms. The van der Waals surface area contributed by atoms with Gasteiger partial charge in [-0.2, -0.15) is 13.2 Å². The average Bonchev–Trinajstić information content (AvgIpc) is 3.49. The van der Waals surface area contributed by atoms with Crippen molar-refractivity contribution in [3.05, 3.63) is 65.2 Å². The molecule has 5 nitrogen and oxygen atoms in total. The standard InChI is InChI=1S/C27H28F6N2O3/c1-2-17-8-16-9-23-24(37-15-36-23)12-20(16)26(35(17)14-27(31,32)33)25-21(29)10-19(11-22(25)30)38-18-4-7-34(13-18)6-3-5-28/h2,9-12,17-18,26H,1,3-8,13-15H2/t17-,18+,26+/m1/s1. The van der Waals surface area contributed by atoms with Gasteiger partial charge >= 0.3 is 6.18 Å². The predicted octanol–water partition coefficient (Wildman–Crippen LogP) is 5.57. The van der Waals surface area contributed by atoms with Gasteiger partial charge in [0.1, 0.15) is 23.5 Å². The van der Waals surface area contributed by atoms with Crippen molar-refractivity contribution >= 4 is 0 Å². The third-order valence-electron chi connectivity index (χ3n) is 7.22. The van der Waals surface area contributed by atoms with Crippen molar-refractivity contribution in [2.24, 2.45) is 0 Å². The summed E-state index contributed by atoms with van der Waals surface area (Å²) in [5.74, 6) is -1.35. The molecule has 1 saturated heterocycles. The van der Waals surface area contributed by atoms with Crippen LogP contribution in [0.1, 0.15) is 35.6 Å². The number of rotatable bonds is 8. The fourth-order valence-corrected chi connectivity index (χ4v) is 5.56. The lowest BCUT2D eigenvalue weighted by atomic mass is 9.83. The fraction of sp³-hybridized carbons (Fsp3) is 0.481.